The number of fused-ring (bicyclic) bond motifs is 2. The van der Waals surface area contributed by atoms with Crippen LogP contribution in [0, 0.1) is 0 Å². The van der Waals surface area contributed by atoms with Crippen LogP contribution in [0.3, 0.4) is 0 Å². The van der Waals surface area contributed by atoms with Crippen molar-refractivity contribution in [3.63, 3.8) is 0 Å². The SMILES string of the molecule is COc1cccc2sc(NC(=O)NCC(=O)c3ccc(Cl)cc3)nc12.COc1cccc2sc(Nc3nnc(-c4ccc(Cl)cc4)o3)nc12. The maximum atomic E-state index is 12.0. The highest BCUT2D eigenvalue weighted by Gasteiger charge is 2.14. The van der Waals surface area contributed by atoms with E-state index >= 15 is 0 Å². The second kappa shape index (κ2) is 15.3. The number of carbonyl (C=O) groups excluding carboxylic acids is 2. The molecular weight excluding hydrogens is 709 g/mol. The van der Waals surface area contributed by atoms with Crippen LogP contribution in [0.1, 0.15) is 10.4 Å². The number of methoxy groups -OCH3 is 2. The average molecular weight is 735 g/mol. The first-order valence-electron chi connectivity index (χ1n) is 14.4. The first-order valence-corrected chi connectivity index (χ1v) is 16.8. The van der Waals surface area contributed by atoms with Gasteiger partial charge in [0, 0.05) is 21.2 Å². The van der Waals surface area contributed by atoms with Crippen molar-refractivity contribution in [2.45, 2.75) is 0 Å². The lowest BCUT2D eigenvalue weighted by atomic mass is 10.1. The van der Waals surface area contributed by atoms with E-state index in [-0.39, 0.29) is 18.3 Å². The number of amides is 2. The van der Waals surface area contributed by atoms with Gasteiger partial charge in [-0.15, -0.1) is 5.10 Å². The summed E-state index contributed by atoms with van der Waals surface area (Å²) >= 11 is 14.5. The number of halogens is 2. The molecule has 3 N–H and O–H groups in total. The molecule has 0 aliphatic rings. The van der Waals surface area contributed by atoms with Gasteiger partial charge >= 0.3 is 12.0 Å². The molecule has 0 aliphatic heterocycles. The van der Waals surface area contributed by atoms with E-state index in [1.54, 1.807) is 56.7 Å². The van der Waals surface area contributed by atoms with Crippen molar-refractivity contribution >= 4 is 94.4 Å². The summed E-state index contributed by atoms with van der Waals surface area (Å²) in [6.45, 7) is -0.123. The number of aromatic nitrogens is 4. The summed E-state index contributed by atoms with van der Waals surface area (Å²) in [5.74, 6) is 1.56. The third-order valence-corrected chi connectivity index (χ3v) is 9.11. The second-order valence-electron chi connectivity index (χ2n) is 9.93. The molecule has 0 unspecified atom stereocenters. The van der Waals surface area contributed by atoms with Gasteiger partial charge in [0.05, 0.1) is 30.2 Å². The number of para-hydroxylation sites is 2. The summed E-state index contributed by atoms with van der Waals surface area (Å²) in [5, 5.41) is 18.5. The summed E-state index contributed by atoms with van der Waals surface area (Å²) in [7, 11) is 3.19. The Kier molecular flexibility index (Phi) is 10.5. The van der Waals surface area contributed by atoms with Crippen molar-refractivity contribution in [1.29, 1.82) is 0 Å². The van der Waals surface area contributed by atoms with Crippen LogP contribution in [-0.4, -0.2) is 52.7 Å². The summed E-state index contributed by atoms with van der Waals surface area (Å²) in [5.41, 5.74) is 2.76. The number of carbonyl (C=O) groups is 2. The third-order valence-electron chi connectivity index (χ3n) is 6.73. The zero-order chi connectivity index (χ0) is 34.3. The smallest absolute Gasteiger partial charge is 0.322 e. The van der Waals surface area contributed by atoms with Gasteiger partial charge in [-0.2, -0.15) is 0 Å². The van der Waals surface area contributed by atoms with Gasteiger partial charge in [0.25, 0.3) is 0 Å². The maximum absolute atomic E-state index is 12.0. The van der Waals surface area contributed by atoms with Crippen molar-refractivity contribution in [3.05, 3.63) is 101 Å². The van der Waals surface area contributed by atoms with Crippen LogP contribution in [0.25, 0.3) is 31.9 Å². The molecule has 12 nitrogen and oxygen atoms in total. The molecule has 7 rings (SSSR count). The largest absolute Gasteiger partial charge is 0.494 e. The number of thiazole rings is 2. The highest BCUT2D eigenvalue weighted by molar-refractivity contribution is 7.22. The predicted octanol–water partition coefficient (Wildman–Crippen LogP) is 8.71. The van der Waals surface area contributed by atoms with Gasteiger partial charge < -0.3 is 19.2 Å². The van der Waals surface area contributed by atoms with E-state index in [0.29, 0.717) is 43.0 Å². The number of rotatable bonds is 9. The van der Waals surface area contributed by atoms with Gasteiger partial charge in [0.15, 0.2) is 16.0 Å². The van der Waals surface area contributed by atoms with Crippen LogP contribution >= 0.6 is 45.9 Å². The number of hydrogen-bond acceptors (Lipinski definition) is 12. The molecule has 0 aliphatic carbocycles. The fourth-order valence-corrected chi connectivity index (χ4v) is 6.40. The number of ether oxygens (including phenoxy) is 2. The van der Waals surface area contributed by atoms with E-state index < -0.39 is 6.03 Å². The quantitative estimate of drug-likeness (QED) is 0.123. The Balaban J connectivity index is 0.000000170. The molecule has 248 valence electrons. The van der Waals surface area contributed by atoms with E-state index in [1.807, 2.05) is 42.5 Å². The minimum absolute atomic E-state index is 0.123. The topological polar surface area (TPSA) is 153 Å². The van der Waals surface area contributed by atoms with E-state index in [9.17, 15) is 9.59 Å². The first-order chi connectivity index (χ1) is 23.8. The molecule has 2 amide bonds. The van der Waals surface area contributed by atoms with Crippen molar-refractivity contribution in [2.75, 3.05) is 31.4 Å². The van der Waals surface area contributed by atoms with Crippen LogP contribution in [0.5, 0.6) is 11.5 Å². The zero-order valence-electron chi connectivity index (χ0n) is 25.7. The van der Waals surface area contributed by atoms with Gasteiger partial charge in [0.1, 0.15) is 22.5 Å². The van der Waals surface area contributed by atoms with Crippen molar-refractivity contribution in [1.82, 2.24) is 25.5 Å². The molecular formula is C33H25Cl2N7O5S2. The molecule has 0 fully saturated rings. The monoisotopic (exact) mass is 733 g/mol. The lowest BCUT2D eigenvalue weighted by Crippen LogP contribution is -2.33. The fraction of sp³-hybridized carbons (Fsp3) is 0.0909. The Morgan fingerprint density at radius 2 is 1.33 bits per heavy atom. The number of hydrogen-bond donors (Lipinski definition) is 3. The Morgan fingerprint density at radius 3 is 1.94 bits per heavy atom. The standard InChI is InChI=1S/C17H14ClN3O3S.C16H11ClN4O2S/c1-24-13-3-2-4-14-15(13)20-17(25-14)21-16(23)19-9-12(22)10-5-7-11(18)8-6-10;1-22-11-3-2-4-12-13(11)18-16(24-12)19-15-21-20-14(23-15)9-5-7-10(17)8-6-9/h2-8H,9H2,1H3,(H2,19,20,21,23);2-8H,1H3,(H,18,19,21). The molecule has 0 saturated carbocycles. The minimum Gasteiger partial charge on any atom is -0.494 e. The summed E-state index contributed by atoms with van der Waals surface area (Å²) in [6, 6.07) is 24.8. The maximum Gasteiger partial charge on any atom is 0.322 e. The van der Waals surface area contributed by atoms with Crippen molar-refractivity contribution < 1.29 is 23.5 Å². The van der Waals surface area contributed by atoms with Crippen molar-refractivity contribution in [2.24, 2.45) is 0 Å². The molecule has 3 aromatic heterocycles. The molecule has 49 heavy (non-hydrogen) atoms. The van der Waals surface area contributed by atoms with Crippen LogP contribution < -0.4 is 25.4 Å². The van der Waals surface area contributed by atoms with Crippen LogP contribution in [0.2, 0.25) is 10.0 Å². The average Bonchev–Trinajstić information content (AvgIpc) is 3.86. The van der Waals surface area contributed by atoms with Gasteiger partial charge in [-0.05, 0) is 72.8 Å². The molecule has 0 bridgehead atoms. The molecule has 16 heteroatoms. The third kappa shape index (κ3) is 8.24. The first kappa shape index (κ1) is 33.6. The zero-order valence-corrected chi connectivity index (χ0v) is 28.8. The van der Waals surface area contributed by atoms with Crippen molar-refractivity contribution in [3.8, 4) is 23.0 Å². The van der Waals surface area contributed by atoms with Gasteiger partial charge in [-0.25, -0.2) is 14.8 Å². The normalized spacial score (nSPS) is 10.7. The fourth-order valence-electron chi connectivity index (χ4n) is 4.40. The lowest BCUT2D eigenvalue weighted by Gasteiger charge is -2.05. The number of benzene rings is 4. The highest BCUT2D eigenvalue weighted by atomic mass is 35.5. The number of Topliss-reactive ketones (excluding diaryl/α,β-unsaturated/α-hetero) is 1. The Labute approximate surface area is 297 Å². The van der Waals surface area contributed by atoms with Crippen LogP contribution in [0.4, 0.5) is 21.1 Å². The number of ketones is 1. The van der Waals surface area contributed by atoms with E-state index in [1.165, 1.54) is 22.7 Å². The molecule has 3 heterocycles. The van der Waals surface area contributed by atoms with Gasteiger partial charge in [-0.3, -0.25) is 15.4 Å². The minimum atomic E-state index is -0.500. The Bertz CT molecular complexity index is 2240. The summed E-state index contributed by atoms with van der Waals surface area (Å²) in [6.07, 6.45) is 0. The Morgan fingerprint density at radius 1 is 0.755 bits per heavy atom. The van der Waals surface area contributed by atoms with E-state index in [4.69, 9.17) is 37.1 Å². The highest BCUT2D eigenvalue weighted by Crippen LogP contribution is 2.34. The molecule has 7 aromatic rings. The molecule has 4 aromatic carbocycles. The van der Waals surface area contributed by atoms with Crippen LogP contribution in [0.15, 0.2) is 89.3 Å². The molecule has 0 radical (unpaired) electrons. The van der Waals surface area contributed by atoms with Gasteiger partial charge in [-0.1, -0.05) is 63.1 Å². The number of urea groups is 1. The second-order valence-corrected chi connectivity index (χ2v) is 12.9. The number of nitrogens with one attached hydrogen (secondary N) is 3. The molecule has 0 spiro atoms. The lowest BCUT2D eigenvalue weighted by molar-refractivity contribution is 0.0993. The number of nitrogens with zero attached hydrogens (tertiary/aromatic N) is 4. The Hall–Kier alpha value is -5.28. The molecule has 0 atom stereocenters. The predicted molar refractivity (Wildman–Crippen MR) is 193 cm³/mol. The number of anilines is 3. The summed E-state index contributed by atoms with van der Waals surface area (Å²) < 4.78 is 18.1. The van der Waals surface area contributed by atoms with E-state index in [2.05, 4.69) is 36.1 Å². The summed E-state index contributed by atoms with van der Waals surface area (Å²) in [4.78, 5) is 32.8. The van der Waals surface area contributed by atoms with Crippen LogP contribution in [-0.2, 0) is 0 Å². The molecule has 0 saturated heterocycles. The van der Waals surface area contributed by atoms with Gasteiger partial charge in [0.2, 0.25) is 5.89 Å². The van der Waals surface area contributed by atoms with E-state index in [0.717, 1.165) is 26.2 Å².